The molecule has 5 saturated heterocycles. The summed E-state index contributed by atoms with van der Waals surface area (Å²) in [5, 5.41) is 41.0. The van der Waals surface area contributed by atoms with Gasteiger partial charge in [-0.25, -0.2) is 24.9 Å². The molecule has 6 N–H and O–H groups in total. The Balaban J connectivity index is 0.919. The molecular formula is C62H98N6O15. The van der Waals surface area contributed by atoms with E-state index < -0.39 is 71.6 Å². The number of unbranched alkanes of at least 4 members (excludes halogenated alkanes) is 14. The lowest BCUT2D eigenvalue weighted by molar-refractivity contribution is -0.577. The highest BCUT2D eigenvalue weighted by molar-refractivity contribution is 6.01. The Bertz CT molecular complexity index is 2310. The third kappa shape index (κ3) is 18.4. The second-order valence-electron chi connectivity index (χ2n) is 24.6. The number of phenols is 1. The summed E-state index contributed by atoms with van der Waals surface area (Å²) in [5.74, 6) is -4.84. The number of benzene rings is 1. The highest BCUT2D eigenvalue weighted by atomic mass is 17.3. The fourth-order valence-corrected chi connectivity index (χ4v) is 13.1. The number of para-hydroxylation sites is 1. The van der Waals surface area contributed by atoms with Crippen molar-refractivity contribution in [3.05, 3.63) is 29.8 Å². The lowest BCUT2D eigenvalue weighted by Crippen LogP contribution is -2.70. The van der Waals surface area contributed by atoms with Crippen LogP contribution < -0.4 is 16.0 Å². The number of hydrogen-bond donors (Lipinski definition) is 6. The number of fused-ring (bicyclic) bond motifs is 2. The predicted octanol–water partition coefficient (Wildman–Crippen LogP) is 8.86. The first-order chi connectivity index (χ1) is 40.0. The number of aliphatic imine (C=N–C) groups is 1. The molecule has 1 aromatic rings. The van der Waals surface area contributed by atoms with Crippen molar-refractivity contribution in [2.75, 3.05) is 32.8 Å². The molecule has 21 nitrogen and oxygen atoms in total. The molecular weight excluding hydrogens is 1070 g/mol. The second kappa shape index (κ2) is 32.7. The second-order valence-corrected chi connectivity index (χ2v) is 24.6. The van der Waals surface area contributed by atoms with E-state index in [1.807, 2.05) is 6.92 Å². The number of carbonyl (C=O) groups is 6. The van der Waals surface area contributed by atoms with Crippen LogP contribution >= 0.6 is 0 Å². The number of ketones is 1. The number of rotatable bonds is 35. The number of hydroxylamine groups is 4. The van der Waals surface area contributed by atoms with Gasteiger partial charge < -0.3 is 40.0 Å². The Morgan fingerprint density at radius 2 is 1.55 bits per heavy atom. The molecule has 2 bridgehead atoms. The summed E-state index contributed by atoms with van der Waals surface area (Å²) in [6.07, 6.45) is 21.2. The lowest BCUT2D eigenvalue weighted by atomic mass is 9.58. The Morgan fingerprint density at radius 3 is 2.28 bits per heavy atom. The summed E-state index contributed by atoms with van der Waals surface area (Å²) in [5.41, 5.74) is -0.449. The number of phenolic OH excluding ortho intramolecular Hbond substituents is 1. The summed E-state index contributed by atoms with van der Waals surface area (Å²) in [7, 11) is 0. The average molecular weight is 1170 g/mol. The van der Waals surface area contributed by atoms with E-state index in [4.69, 9.17) is 28.7 Å². The van der Waals surface area contributed by atoms with Crippen molar-refractivity contribution in [1.82, 2.24) is 26.1 Å². The first kappa shape index (κ1) is 65.8. The van der Waals surface area contributed by atoms with Gasteiger partial charge in [0.1, 0.15) is 30.2 Å². The maximum absolute atomic E-state index is 14.2. The molecule has 6 fully saturated rings. The van der Waals surface area contributed by atoms with Crippen LogP contribution in [-0.4, -0.2) is 142 Å². The number of nitrogens with zero attached hydrogens (tertiary/aromatic N) is 3. The smallest absolute Gasteiger partial charge is 0.268 e. The minimum absolute atomic E-state index is 0.0114. The lowest BCUT2D eigenvalue weighted by Gasteiger charge is -2.60. The van der Waals surface area contributed by atoms with Crippen molar-refractivity contribution in [3.8, 4) is 5.75 Å². The molecule has 8 rings (SSSR count). The fourth-order valence-electron chi connectivity index (χ4n) is 13.1. The van der Waals surface area contributed by atoms with Crippen LogP contribution in [0.3, 0.4) is 0 Å². The quantitative estimate of drug-likeness (QED) is 0.0160. The van der Waals surface area contributed by atoms with Crippen LogP contribution in [0.25, 0.3) is 0 Å². The molecule has 0 aromatic heterocycles. The molecule has 83 heavy (non-hydrogen) atoms. The van der Waals surface area contributed by atoms with Crippen LogP contribution in [0.15, 0.2) is 29.3 Å². The molecule has 1 spiro atoms. The monoisotopic (exact) mass is 1170 g/mol. The maximum atomic E-state index is 14.2. The number of amides is 5. The van der Waals surface area contributed by atoms with Gasteiger partial charge in [-0.15, -0.1) is 0 Å². The van der Waals surface area contributed by atoms with Gasteiger partial charge in [-0.3, -0.25) is 39.2 Å². The van der Waals surface area contributed by atoms with Crippen LogP contribution in [0.1, 0.15) is 213 Å². The Labute approximate surface area is 491 Å². The zero-order chi connectivity index (χ0) is 59.4. The molecule has 466 valence electrons. The van der Waals surface area contributed by atoms with E-state index in [0.29, 0.717) is 66.6 Å². The van der Waals surface area contributed by atoms with Gasteiger partial charge in [-0.2, -0.15) is 0 Å². The largest absolute Gasteiger partial charge is 0.507 e. The minimum Gasteiger partial charge on any atom is -0.507 e. The van der Waals surface area contributed by atoms with Gasteiger partial charge >= 0.3 is 0 Å². The number of hydrogen-bond acceptors (Lipinski definition) is 16. The van der Waals surface area contributed by atoms with E-state index in [1.54, 1.807) is 18.2 Å². The highest BCUT2D eigenvalue weighted by Crippen LogP contribution is 2.60. The van der Waals surface area contributed by atoms with E-state index in [0.717, 1.165) is 38.5 Å². The van der Waals surface area contributed by atoms with Gasteiger partial charge in [0, 0.05) is 57.2 Å². The van der Waals surface area contributed by atoms with Crippen LogP contribution in [-0.2, 0) is 57.5 Å². The summed E-state index contributed by atoms with van der Waals surface area (Å²) < 4.78 is 25.1. The Morgan fingerprint density at radius 1 is 0.843 bits per heavy atom. The summed E-state index contributed by atoms with van der Waals surface area (Å²) in [4.78, 5) is 98.6. The molecule has 12 atom stereocenters. The number of carbonyl (C=O) groups excluding carboxylic acids is 6. The van der Waals surface area contributed by atoms with Crippen LogP contribution in [0.2, 0.25) is 0 Å². The molecule has 1 aromatic carbocycles. The average Bonchev–Trinajstić information content (AvgIpc) is 1.88. The zero-order valence-corrected chi connectivity index (χ0v) is 50.0. The number of ether oxygens (including phenoxy) is 4. The standard InChI is InChI=1S/C62H98N6O15/c1-5-6-7-8-9-10-11-12-13-14-15-16-17-18-31-53(71)67(76)36-23-21-28-49(64-56(74)51-41-79-57(66-51)46-27-19-20-30-52(46)70)55(73)63-40-44(54(72)65-50-29-22-24-37-68(77)58(50)75)39-45(69)26-25-38-78-59-43(3)48-33-32-42(2)47-34-35-61(4)81-60(80-59)62(47,48)83-82-61/h19-20,27,30,42-44,47-51,59-60,70,76-77H,5-18,21-26,28-29,31-41H2,1-4H3,(H,63,73)(H,64,74)(H,65,72)/t42-,43-,44+,47+,48+,49+,50+,51+,59+,60-,61-,62-/m1/s1. The van der Waals surface area contributed by atoms with Gasteiger partial charge in [0.15, 0.2) is 24.2 Å². The first-order valence-electron chi connectivity index (χ1n) is 31.7. The van der Waals surface area contributed by atoms with E-state index in [1.165, 1.54) is 70.3 Å². The number of Topliss-reactive ketones (excluding diaryl/α,β-unsaturated/α-hetero) is 1. The van der Waals surface area contributed by atoms with E-state index in [-0.39, 0.29) is 106 Å². The molecule has 21 heteroatoms. The third-order valence-electron chi connectivity index (χ3n) is 18.2. The van der Waals surface area contributed by atoms with Crippen molar-refractivity contribution in [2.45, 2.75) is 250 Å². The Hall–Kier alpha value is -4.77. The molecule has 6 heterocycles. The van der Waals surface area contributed by atoms with E-state index in [9.17, 15) is 44.3 Å². The van der Waals surface area contributed by atoms with Crippen molar-refractivity contribution >= 4 is 41.2 Å². The molecule has 6 aliphatic heterocycles. The van der Waals surface area contributed by atoms with Crippen molar-refractivity contribution < 1.29 is 73.0 Å². The first-order valence-corrected chi connectivity index (χ1v) is 31.7. The van der Waals surface area contributed by atoms with Crippen LogP contribution in [0.4, 0.5) is 0 Å². The van der Waals surface area contributed by atoms with Crippen molar-refractivity contribution in [3.63, 3.8) is 0 Å². The number of nitrogens with one attached hydrogen (secondary N) is 3. The molecule has 0 unspecified atom stereocenters. The van der Waals surface area contributed by atoms with E-state index in [2.05, 4.69) is 41.7 Å². The molecule has 1 saturated carbocycles. The van der Waals surface area contributed by atoms with Crippen molar-refractivity contribution in [1.29, 1.82) is 0 Å². The van der Waals surface area contributed by atoms with Gasteiger partial charge in [0.25, 0.3) is 5.91 Å². The SMILES string of the molecule is CCCCCCCCCCCCCCCCC(=O)N(O)CCCC[C@H](NC(=O)[C@@H]1COC(c2ccccc2O)=N1)C(=O)NC[C@H](CC(=O)CCCO[C@H]1O[C@@H]2O[C@@]3(C)CC[C@H]4[C@H](C)CC[C@@H]([C@H]1C)[C@@]24OO3)C(=O)N[C@H]1CCCCN(O)C1=O. The highest BCUT2D eigenvalue weighted by Gasteiger charge is 2.69. The van der Waals surface area contributed by atoms with Gasteiger partial charge in [-0.1, -0.05) is 116 Å². The molecule has 7 aliphatic rings. The van der Waals surface area contributed by atoms with E-state index >= 15 is 0 Å². The topological polar surface area (TPSA) is 273 Å². The summed E-state index contributed by atoms with van der Waals surface area (Å²) in [6, 6.07) is 3.10. The number of aromatic hydroxyl groups is 1. The van der Waals surface area contributed by atoms with Gasteiger partial charge in [-0.05, 0) is 102 Å². The molecule has 1 aliphatic carbocycles. The zero-order valence-electron chi connectivity index (χ0n) is 50.0. The van der Waals surface area contributed by atoms with Crippen LogP contribution in [0.5, 0.6) is 5.75 Å². The normalized spacial score (nSPS) is 28.2. The maximum Gasteiger partial charge on any atom is 0.268 e. The fraction of sp³-hybridized carbons (Fsp3) is 0.790. The summed E-state index contributed by atoms with van der Waals surface area (Å²) in [6.45, 7) is 8.24. The molecule has 5 amide bonds. The van der Waals surface area contributed by atoms with Crippen molar-refractivity contribution in [2.24, 2.45) is 34.6 Å². The third-order valence-corrected chi connectivity index (χ3v) is 18.2. The predicted molar refractivity (Wildman–Crippen MR) is 306 cm³/mol. The Kier molecular flexibility index (Phi) is 25.9. The molecule has 0 radical (unpaired) electrons. The van der Waals surface area contributed by atoms with Gasteiger partial charge in [0.05, 0.1) is 18.1 Å². The van der Waals surface area contributed by atoms with Crippen LogP contribution in [0, 0.1) is 29.6 Å². The summed E-state index contributed by atoms with van der Waals surface area (Å²) >= 11 is 0. The minimum atomic E-state index is -1.18. The van der Waals surface area contributed by atoms with Gasteiger partial charge in [0.2, 0.25) is 35.3 Å².